The number of benzene rings is 2. The van der Waals surface area contributed by atoms with Crippen LogP contribution in [0.1, 0.15) is 18.4 Å². The van der Waals surface area contributed by atoms with Crippen molar-refractivity contribution >= 4 is 11.6 Å². The van der Waals surface area contributed by atoms with Crippen LogP contribution in [-0.4, -0.2) is 56.2 Å². The monoisotopic (exact) mass is 395 g/mol. The van der Waals surface area contributed by atoms with Gasteiger partial charge in [0.25, 0.3) is 0 Å². The highest BCUT2D eigenvalue weighted by molar-refractivity contribution is 5.76. The van der Waals surface area contributed by atoms with E-state index in [4.69, 9.17) is 15.2 Å². The number of hydrogen-bond donors (Lipinski definition) is 1. The van der Waals surface area contributed by atoms with E-state index in [9.17, 15) is 4.79 Å². The van der Waals surface area contributed by atoms with Gasteiger partial charge in [0.1, 0.15) is 0 Å². The molecule has 0 aromatic heterocycles. The van der Waals surface area contributed by atoms with E-state index < -0.39 is 0 Å². The summed E-state index contributed by atoms with van der Waals surface area (Å²) in [5.74, 6) is 1.31. The highest BCUT2D eigenvalue weighted by Crippen LogP contribution is 2.37. The zero-order valence-electron chi connectivity index (χ0n) is 16.9. The number of carbonyl (C=O) groups excluding carboxylic acids is 1. The molecule has 0 spiro atoms. The second-order valence-corrected chi connectivity index (χ2v) is 7.88. The second-order valence-electron chi connectivity index (χ2n) is 7.88. The number of nitrogens with two attached hydrogens (primary N) is 1. The van der Waals surface area contributed by atoms with Crippen LogP contribution in [-0.2, 0) is 11.2 Å². The van der Waals surface area contributed by atoms with E-state index >= 15 is 0 Å². The molecule has 2 aromatic rings. The van der Waals surface area contributed by atoms with Gasteiger partial charge in [-0.2, -0.15) is 0 Å². The number of ether oxygens (including phenoxy) is 2. The molecule has 0 bridgehead atoms. The van der Waals surface area contributed by atoms with Crippen LogP contribution in [0.25, 0.3) is 0 Å². The predicted octanol–water partition coefficient (Wildman–Crippen LogP) is 2.46. The molecule has 2 aliphatic rings. The Morgan fingerprint density at radius 1 is 1.10 bits per heavy atom. The number of hydrogen-bond acceptors (Lipinski definition) is 5. The average Bonchev–Trinajstić information content (AvgIpc) is 3.54. The summed E-state index contributed by atoms with van der Waals surface area (Å²) in [6.45, 7) is 2.76. The maximum Gasteiger partial charge on any atom is 0.231 e. The third-order valence-corrected chi connectivity index (χ3v) is 5.61. The fourth-order valence-corrected chi connectivity index (χ4v) is 3.94. The SMILES string of the molecule is COc1ccc(N2CCN(CC(N)=O)[C@@H](Cc3ccccc3)C2)cc1OC1CC1. The average molecular weight is 396 g/mol. The van der Waals surface area contributed by atoms with Crippen molar-refractivity contribution in [3.8, 4) is 11.5 Å². The molecule has 6 nitrogen and oxygen atoms in total. The van der Waals surface area contributed by atoms with Crippen molar-refractivity contribution in [2.45, 2.75) is 31.4 Å². The summed E-state index contributed by atoms with van der Waals surface area (Å²) in [5.41, 5.74) is 7.89. The molecule has 0 unspecified atom stereocenters. The van der Waals surface area contributed by atoms with Crippen molar-refractivity contribution in [1.29, 1.82) is 0 Å². The molecule has 0 radical (unpaired) electrons. The third kappa shape index (κ3) is 5.01. The summed E-state index contributed by atoms with van der Waals surface area (Å²) in [7, 11) is 1.67. The first-order chi connectivity index (χ1) is 14.1. The van der Waals surface area contributed by atoms with Crippen molar-refractivity contribution in [2.24, 2.45) is 5.73 Å². The van der Waals surface area contributed by atoms with Crippen molar-refractivity contribution in [3.05, 3.63) is 54.1 Å². The van der Waals surface area contributed by atoms with Gasteiger partial charge in [0.2, 0.25) is 5.91 Å². The molecular formula is C23H29N3O3. The molecule has 1 aliphatic carbocycles. The minimum atomic E-state index is -0.277. The fourth-order valence-electron chi connectivity index (χ4n) is 3.94. The first-order valence-corrected chi connectivity index (χ1v) is 10.3. The lowest BCUT2D eigenvalue weighted by Gasteiger charge is -2.42. The largest absolute Gasteiger partial charge is 0.493 e. The van der Waals surface area contributed by atoms with Gasteiger partial charge in [-0.1, -0.05) is 30.3 Å². The number of methoxy groups -OCH3 is 1. The number of anilines is 1. The van der Waals surface area contributed by atoms with Gasteiger partial charge < -0.3 is 20.1 Å². The van der Waals surface area contributed by atoms with Crippen LogP contribution in [0.4, 0.5) is 5.69 Å². The van der Waals surface area contributed by atoms with Gasteiger partial charge in [-0.15, -0.1) is 0 Å². The smallest absolute Gasteiger partial charge is 0.231 e. The van der Waals surface area contributed by atoms with E-state index in [0.717, 1.165) is 56.1 Å². The number of primary amides is 1. The summed E-state index contributed by atoms with van der Waals surface area (Å²) in [6, 6.07) is 16.8. The van der Waals surface area contributed by atoms with E-state index in [1.54, 1.807) is 7.11 Å². The van der Waals surface area contributed by atoms with E-state index in [0.29, 0.717) is 12.6 Å². The molecule has 29 heavy (non-hydrogen) atoms. The van der Waals surface area contributed by atoms with Crippen molar-refractivity contribution in [3.63, 3.8) is 0 Å². The Bertz CT molecular complexity index is 839. The van der Waals surface area contributed by atoms with Gasteiger partial charge in [-0.3, -0.25) is 9.69 Å². The Morgan fingerprint density at radius 2 is 1.90 bits per heavy atom. The number of piperazine rings is 1. The zero-order valence-corrected chi connectivity index (χ0v) is 16.9. The third-order valence-electron chi connectivity index (χ3n) is 5.61. The zero-order chi connectivity index (χ0) is 20.2. The molecule has 2 N–H and O–H groups in total. The van der Waals surface area contributed by atoms with Gasteiger partial charge in [0, 0.05) is 37.4 Å². The second kappa shape index (κ2) is 8.74. The van der Waals surface area contributed by atoms with Gasteiger partial charge in [0.15, 0.2) is 11.5 Å². The van der Waals surface area contributed by atoms with E-state index in [1.165, 1.54) is 5.56 Å². The van der Waals surface area contributed by atoms with Crippen LogP contribution in [0.3, 0.4) is 0 Å². The first kappa shape index (κ1) is 19.6. The van der Waals surface area contributed by atoms with E-state index in [2.05, 4.69) is 46.2 Å². The Hall–Kier alpha value is -2.73. The Labute approximate surface area is 172 Å². The molecule has 1 saturated carbocycles. The number of nitrogens with zero attached hydrogens (tertiary/aromatic N) is 2. The van der Waals surface area contributed by atoms with Crippen molar-refractivity contribution in [1.82, 2.24) is 4.90 Å². The normalized spacial score (nSPS) is 19.8. The summed E-state index contributed by atoms with van der Waals surface area (Å²) < 4.78 is 11.5. The molecule has 1 heterocycles. The van der Waals surface area contributed by atoms with Gasteiger partial charge in [-0.05, 0) is 37.0 Å². The summed E-state index contributed by atoms with van der Waals surface area (Å²) in [5, 5.41) is 0. The molecule has 1 saturated heterocycles. The topological polar surface area (TPSA) is 68.0 Å². The maximum absolute atomic E-state index is 11.6. The summed E-state index contributed by atoms with van der Waals surface area (Å²) in [6.07, 6.45) is 3.42. The Balaban J connectivity index is 1.53. The molecule has 1 amide bonds. The Kier molecular flexibility index (Phi) is 5.90. The van der Waals surface area contributed by atoms with Crippen molar-refractivity contribution in [2.75, 3.05) is 38.2 Å². The fraction of sp³-hybridized carbons (Fsp3) is 0.435. The minimum Gasteiger partial charge on any atom is -0.493 e. The molecule has 6 heteroatoms. The van der Waals surface area contributed by atoms with Gasteiger partial charge in [0.05, 0.1) is 19.8 Å². The van der Waals surface area contributed by atoms with Crippen LogP contribution in [0.2, 0.25) is 0 Å². The van der Waals surface area contributed by atoms with E-state index in [-0.39, 0.29) is 11.9 Å². The predicted molar refractivity (Wildman–Crippen MR) is 114 cm³/mol. The molecule has 154 valence electrons. The molecular weight excluding hydrogens is 366 g/mol. The highest BCUT2D eigenvalue weighted by atomic mass is 16.5. The first-order valence-electron chi connectivity index (χ1n) is 10.3. The van der Waals surface area contributed by atoms with Crippen LogP contribution in [0.5, 0.6) is 11.5 Å². The molecule has 2 fully saturated rings. The molecule has 1 aliphatic heterocycles. The molecule has 1 atom stereocenters. The van der Waals surface area contributed by atoms with Crippen LogP contribution < -0.4 is 20.1 Å². The van der Waals surface area contributed by atoms with Crippen LogP contribution in [0.15, 0.2) is 48.5 Å². The van der Waals surface area contributed by atoms with Crippen molar-refractivity contribution < 1.29 is 14.3 Å². The maximum atomic E-state index is 11.6. The Morgan fingerprint density at radius 3 is 2.59 bits per heavy atom. The van der Waals surface area contributed by atoms with Crippen LogP contribution >= 0.6 is 0 Å². The minimum absolute atomic E-state index is 0.216. The lowest BCUT2D eigenvalue weighted by molar-refractivity contribution is -0.119. The van der Waals surface area contributed by atoms with Gasteiger partial charge >= 0.3 is 0 Å². The molecule has 2 aromatic carbocycles. The summed E-state index contributed by atoms with van der Waals surface area (Å²) in [4.78, 5) is 16.1. The standard InChI is InChI=1S/C23H29N3O3/c1-28-21-10-7-18(14-22(21)29-20-8-9-20)25-11-12-26(16-23(24)27)19(15-25)13-17-5-3-2-4-6-17/h2-7,10,14,19-20H,8-9,11-13,15-16H2,1H3,(H2,24,27)/t19-/m0/s1. The number of rotatable bonds is 8. The lowest BCUT2D eigenvalue weighted by Crippen LogP contribution is -2.56. The number of carbonyl (C=O) groups is 1. The quantitative estimate of drug-likeness (QED) is 0.744. The van der Waals surface area contributed by atoms with E-state index in [1.807, 2.05) is 12.1 Å². The highest BCUT2D eigenvalue weighted by Gasteiger charge is 2.29. The molecule has 4 rings (SSSR count). The summed E-state index contributed by atoms with van der Waals surface area (Å²) >= 11 is 0. The number of amides is 1. The van der Waals surface area contributed by atoms with Gasteiger partial charge in [-0.25, -0.2) is 0 Å². The lowest BCUT2D eigenvalue weighted by atomic mass is 10.0. The van der Waals surface area contributed by atoms with Crippen LogP contribution in [0, 0.1) is 0 Å².